The summed E-state index contributed by atoms with van der Waals surface area (Å²) in [5.41, 5.74) is 10.2. The quantitative estimate of drug-likeness (QED) is 0.837. The molecule has 0 spiro atoms. The molecule has 0 bridgehead atoms. The molecule has 0 unspecified atom stereocenters. The van der Waals surface area contributed by atoms with Crippen LogP contribution in [0.3, 0.4) is 0 Å². The molecule has 0 heterocycles. The number of halogens is 1. The molecule has 2 heteroatoms. The van der Waals surface area contributed by atoms with Crippen molar-refractivity contribution in [1.29, 1.82) is 0 Å². The molecule has 2 rings (SSSR count). The Bertz CT molecular complexity index is 331. The van der Waals surface area contributed by atoms with Crippen LogP contribution in [0.4, 0.5) is 0 Å². The van der Waals surface area contributed by atoms with Crippen molar-refractivity contribution in [3.63, 3.8) is 0 Å². The first-order valence-corrected chi connectivity index (χ1v) is 5.49. The van der Waals surface area contributed by atoms with Gasteiger partial charge in [0.1, 0.15) is 0 Å². The maximum Gasteiger partial charge on any atom is 0.0300 e. The molecule has 1 saturated carbocycles. The summed E-state index contributed by atoms with van der Waals surface area (Å²) in [6, 6.07) is 6.82. The average Bonchev–Trinajstić information content (AvgIpc) is 2.93. The third-order valence-electron chi connectivity index (χ3n) is 3.12. The summed E-state index contributed by atoms with van der Waals surface area (Å²) < 4.78 is 0. The van der Waals surface area contributed by atoms with E-state index in [1.165, 1.54) is 36.0 Å². The highest BCUT2D eigenvalue weighted by atomic mass is 35.5. The van der Waals surface area contributed by atoms with Crippen LogP contribution in [0.5, 0.6) is 0 Å². The summed E-state index contributed by atoms with van der Waals surface area (Å²) in [6.45, 7) is 4.29. The summed E-state index contributed by atoms with van der Waals surface area (Å²) in [7, 11) is 0. The number of nitrogens with two attached hydrogens (primary N) is 1. The monoisotopic (exact) mass is 225 g/mol. The van der Waals surface area contributed by atoms with Crippen LogP contribution in [0.25, 0.3) is 0 Å². The summed E-state index contributed by atoms with van der Waals surface area (Å²) >= 11 is 0. The second-order valence-corrected chi connectivity index (χ2v) is 4.65. The SMILES string of the molecule is Cc1ccc(C)c([C@@H](N)CC2CC2)c1.Cl. The Morgan fingerprint density at radius 2 is 2.00 bits per heavy atom. The van der Waals surface area contributed by atoms with E-state index in [2.05, 4.69) is 32.0 Å². The normalized spacial score (nSPS) is 17.0. The largest absolute Gasteiger partial charge is 0.324 e. The molecule has 0 saturated heterocycles. The zero-order valence-electron chi connectivity index (χ0n) is 9.49. The molecule has 0 radical (unpaired) electrons. The average molecular weight is 226 g/mol. The van der Waals surface area contributed by atoms with E-state index in [0.717, 1.165) is 5.92 Å². The van der Waals surface area contributed by atoms with Crippen molar-refractivity contribution in [2.24, 2.45) is 11.7 Å². The minimum atomic E-state index is 0. The highest BCUT2D eigenvalue weighted by Gasteiger charge is 2.24. The van der Waals surface area contributed by atoms with E-state index < -0.39 is 0 Å². The van der Waals surface area contributed by atoms with Crippen LogP contribution < -0.4 is 5.73 Å². The number of hydrogen-bond acceptors (Lipinski definition) is 1. The first kappa shape index (κ1) is 12.5. The molecule has 1 fully saturated rings. The van der Waals surface area contributed by atoms with Crippen LogP contribution in [0, 0.1) is 19.8 Å². The standard InChI is InChI=1S/C13H19N.ClH/c1-9-3-4-10(2)12(7-9)13(14)8-11-5-6-11;/h3-4,7,11,13H,5-6,8,14H2,1-2H3;1H/t13-;/m0./s1. The van der Waals surface area contributed by atoms with Gasteiger partial charge in [0.05, 0.1) is 0 Å². The van der Waals surface area contributed by atoms with Crippen LogP contribution in [-0.4, -0.2) is 0 Å². The Kier molecular flexibility index (Phi) is 4.18. The third-order valence-corrected chi connectivity index (χ3v) is 3.12. The van der Waals surface area contributed by atoms with E-state index in [-0.39, 0.29) is 18.4 Å². The van der Waals surface area contributed by atoms with Gasteiger partial charge in [0.25, 0.3) is 0 Å². The van der Waals surface area contributed by atoms with Gasteiger partial charge in [-0.2, -0.15) is 0 Å². The number of aryl methyl sites for hydroxylation is 2. The fourth-order valence-electron chi connectivity index (χ4n) is 2.00. The number of rotatable bonds is 3. The maximum absolute atomic E-state index is 6.21. The molecular weight excluding hydrogens is 206 g/mol. The highest BCUT2D eigenvalue weighted by molar-refractivity contribution is 5.85. The lowest BCUT2D eigenvalue weighted by Gasteiger charge is -2.15. The van der Waals surface area contributed by atoms with Crippen molar-refractivity contribution in [3.05, 3.63) is 34.9 Å². The number of benzene rings is 1. The Labute approximate surface area is 98.5 Å². The Morgan fingerprint density at radius 3 is 2.60 bits per heavy atom. The van der Waals surface area contributed by atoms with Crippen LogP contribution in [-0.2, 0) is 0 Å². The van der Waals surface area contributed by atoms with Crippen LogP contribution >= 0.6 is 12.4 Å². The van der Waals surface area contributed by atoms with E-state index in [9.17, 15) is 0 Å². The lowest BCUT2D eigenvalue weighted by atomic mass is 9.96. The molecule has 1 aliphatic rings. The summed E-state index contributed by atoms with van der Waals surface area (Å²) in [6.07, 6.45) is 3.95. The second-order valence-electron chi connectivity index (χ2n) is 4.65. The second kappa shape index (κ2) is 5.00. The van der Waals surface area contributed by atoms with Gasteiger partial charge in [0, 0.05) is 6.04 Å². The van der Waals surface area contributed by atoms with Gasteiger partial charge in [0.15, 0.2) is 0 Å². The summed E-state index contributed by atoms with van der Waals surface area (Å²) in [5, 5.41) is 0. The van der Waals surface area contributed by atoms with Gasteiger partial charge in [-0.15, -0.1) is 12.4 Å². The van der Waals surface area contributed by atoms with Gasteiger partial charge in [-0.3, -0.25) is 0 Å². The van der Waals surface area contributed by atoms with E-state index >= 15 is 0 Å². The molecule has 1 aliphatic carbocycles. The predicted octanol–water partition coefficient (Wildman–Crippen LogP) is 3.53. The molecule has 2 N–H and O–H groups in total. The van der Waals surface area contributed by atoms with Crippen LogP contribution in [0.15, 0.2) is 18.2 Å². The Morgan fingerprint density at radius 1 is 1.33 bits per heavy atom. The first-order chi connectivity index (χ1) is 6.66. The molecule has 0 amide bonds. The summed E-state index contributed by atoms with van der Waals surface area (Å²) in [5.74, 6) is 0.907. The smallest absolute Gasteiger partial charge is 0.0300 e. The molecule has 1 aromatic rings. The van der Waals surface area contributed by atoms with Crippen molar-refractivity contribution in [2.45, 2.75) is 39.2 Å². The third kappa shape index (κ3) is 3.22. The molecule has 15 heavy (non-hydrogen) atoms. The minimum absolute atomic E-state index is 0. The van der Waals surface area contributed by atoms with Crippen molar-refractivity contribution >= 4 is 12.4 Å². The fraction of sp³-hybridized carbons (Fsp3) is 0.538. The zero-order valence-corrected chi connectivity index (χ0v) is 10.3. The minimum Gasteiger partial charge on any atom is -0.324 e. The van der Waals surface area contributed by atoms with Crippen LogP contribution in [0.2, 0.25) is 0 Å². The van der Waals surface area contributed by atoms with Crippen molar-refractivity contribution in [3.8, 4) is 0 Å². The molecule has 0 aliphatic heterocycles. The highest BCUT2D eigenvalue weighted by Crippen LogP contribution is 2.37. The van der Waals surface area contributed by atoms with Gasteiger partial charge in [-0.25, -0.2) is 0 Å². The summed E-state index contributed by atoms with van der Waals surface area (Å²) in [4.78, 5) is 0. The van der Waals surface area contributed by atoms with Gasteiger partial charge in [0.2, 0.25) is 0 Å². The topological polar surface area (TPSA) is 26.0 Å². The lowest BCUT2D eigenvalue weighted by Crippen LogP contribution is -2.12. The molecular formula is C13H20ClN. The molecule has 1 atom stereocenters. The van der Waals surface area contributed by atoms with E-state index in [1.807, 2.05) is 0 Å². The lowest BCUT2D eigenvalue weighted by molar-refractivity contribution is 0.594. The first-order valence-electron chi connectivity index (χ1n) is 5.49. The molecule has 1 nitrogen and oxygen atoms in total. The maximum atomic E-state index is 6.21. The zero-order chi connectivity index (χ0) is 10.1. The van der Waals surface area contributed by atoms with Crippen molar-refractivity contribution in [1.82, 2.24) is 0 Å². The van der Waals surface area contributed by atoms with Gasteiger partial charge in [-0.1, -0.05) is 36.6 Å². The molecule has 84 valence electrons. The predicted molar refractivity (Wildman–Crippen MR) is 67.4 cm³/mol. The van der Waals surface area contributed by atoms with E-state index in [4.69, 9.17) is 5.73 Å². The van der Waals surface area contributed by atoms with Gasteiger partial charge in [-0.05, 0) is 37.3 Å². The van der Waals surface area contributed by atoms with Crippen molar-refractivity contribution < 1.29 is 0 Å². The molecule has 1 aromatic carbocycles. The van der Waals surface area contributed by atoms with Crippen LogP contribution in [0.1, 0.15) is 42.0 Å². The van der Waals surface area contributed by atoms with E-state index in [0.29, 0.717) is 0 Å². The van der Waals surface area contributed by atoms with E-state index in [1.54, 1.807) is 0 Å². The Hall–Kier alpha value is -0.530. The number of hydrogen-bond donors (Lipinski definition) is 1. The molecule has 0 aromatic heterocycles. The fourth-order valence-corrected chi connectivity index (χ4v) is 2.00. The Balaban J connectivity index is 0.00000112. The van der Waals surface area contributed by atoms with Gasteiger partial charge >= 0.3 is 0 Å². The van der Waals surface area contributed by atoms with Gasteiger partial charge < -0.3 is 5.73 Å². The van der Waals surface area contributed by atoms with Crippen molar-refractivity contribution in [2.75, 3.05) is 0 Å².